The third kappa shape index (κ3) is 2.79. The number of hydrogen-bond acceptors (Lipinski definition) is 3. The van der Waals surface area contributed by atoms with Gasteiger partial charge in [0.1, 0.15) is 5.25 Å². The molecule has 2 rings (SSSR count). The van der Waals surface area contributed by atoms with E-state index < -0.39 is 0 Å². The lowest BCUT2D eigenvalue weighted by Gasteiger charge is -2.13. The standard InChI is InChI=1S/C13H16O2S/c1-9-3-7-11(8-4-9)16-12(10-5-6-10)13(14)15-2/h3-4,7-8,10,12H,5-6H2,1-2H3. The van der Waals surface area contributed by atoms with Gasteiger partial charge in [-0.25, -0.2) is 0 Å². The van der Waals surface area contributed by atoms with E-state index in [2.05, 4.69) is 31.2 Å². The summed E-state index contributed by atoms with van der Waals surface area (Å²) in [5.41, 5.74) is 1.24. The second kappa shape index (κ2) is 4.91. The molecule has 1 aromatic carbocycles. The first-order valence-electron chi connectivity index (χ1n) is 5.52. The van der Waals surface area contributed by atoms with Gasteiger partial charge < -0.3 is 4.74 Å². The van der Waals surface area contributed by atoms with Crippen molar-refractivity contribution in [3.63, 3.8) is 0 Å². The van der Waals surface area contributed by atoms with Crippen LogP contribution in [-0.4, -0.2) is 18.3 Å². The molecule has 1 aliphatic carbocycles. The molecule has 0 aliphatic heterocycles. The highest BCUT2D eigenvalue weighted by atomic mass is 32.2. The molecule has 0 bridgehead atoms. The second-order valence-electron chi connectivity index (χ2n) is 4.21. The number of carbonyl (C=O) groups excluding carboxylic acids is 1. The predicted octanol–water partition coefficient (Wildman–Crippen LogP) is 3.04. The number of esters is 1. The van der Waals surface area contributed by atoms with E-state index in [0.29, 0.717) is 5.92 Å². The minimum Gasteiger partial charge on any atom is -0.468 e. The van der Waals surface area contributed by atoms with Crippen LogP contribution in [0, 0.1) is 12.8 Å². The Balaban J connectivity index is 2.05. The number of aryl methyl sites for hydroxylation is 1. The summed E-state index contributed by atoms with van der Waals surface area (Å²) in [5, 5.41) is -0.0206. The second-order valence-corrected chi connectivity index (χ2v) is 5.43. The Morgan fingerprint density at radius 2 is 2.00 bits per heavy atom. The molecule has 0 amide bonds. The van der Waals surface area contributed by atoms with Crippen LogP contribution in [0.25, 0.3) is 0 Å². The molecule has 0 heterocycles. The summed E-state index contributed by atoms with van der Waals surface area (Å²) in [4.78, 5) is 12.8. The molecule has 0 aromatic heterocycles. The van der Waals surface area contributed by atoms with Gasteiger partial charge in [0.25, 0.3) is 0 Å². The summed E-state index contributed by atoms with van der Waals surface area (Å²) in [6.07, 6.45) is 2.30. The predicted molar refractivity (Wildman–Crippen MR) is 65.6 cm³/mol. The smallest absolute Gasteiger partial charge is 0.319 e. The van der Waals surface area contributed by atoms with Crippen molar-refractivity contribution in [1.29, 1.82) is 0 Å². The lowest BCUT2D eigenvalue weighted by molar-refractivity contribution is -0.140. The van der Waals surface area contributed by atoms with Gasteiger partial charge in [0, 0.05) is 4.90 Å². The molecule has 1 saturated carbocycles. The number of methoxy groups -OCH3 is 1. The summed E-state index contributed by atoms with van der Waals surface area (Å²) in [6, 6.07) is 8.28. The number of carbonyl (C=O) groups is 1. The van der Waals surface area contributed by atoms with Crippen LogP contribution in [0.4, 0.5) is 0 Å². The Kier molecular flexibility index (Phi) is 3.54. The lowest BCUT2D eigenvalue weighted by atomic mass is 10.2. The maximum atomic E-state index is 11.6. The largest absolute Gasteiger partial charge is 0.468 e. The molecule has 2 nitrogen and oxygen atoms in total. The summed E-state index contributed by atoms with van der Waals surface area (Å²) in [5.74, 6) is 0.423. The van der Waals surface area contributed by atoms with E-state index in [0.717, 1.165) is 17.7 Å². The highest BCUT2D eigenvalue weighted by Gasteiger charge is 2.37. The molecule has 0 spiro atoms. The molecule has 86 valence electrons. The van der Waals surface area contributed by atoms with E-state index in [9.17, 15) is 4.79 Å². The number of rotatable bonds is 4. The highest BCUT2D eigenvalue weighted by molar-refractivity contribution is 8.00. The van der Waals surface area contributed by atoms with Crippen molar-refractivity contribution >= 4 is 17.7 Å². The Morgan fingerprint density at radius 1 is 1.38 bits per heavy atom. The van der Waals surface area contributed by atoms with Crippen molar-refractivity contribution in [3.05, 3.63) is 29.8 Å². The van der Waals surface area contributed by atoms with Gasteiger partial charge in [0.05, 0.1) is 7.11 Å². The number of thioether (sulfide) groups is 1. The molecule has 1 unspecified atom stereocenters. The Bertz CT molecular complexity index is 368. The van der Waals surface area contributed by atoms with Crippen LogP contribution >= 0.6 is 11.8 Å². The molecule has 16 heavy (non-hydrogen) atoms. The fraction of sp³-hybridized carbons (Fsp3) is 0.462. The Morgan fingerprint density at radius 3 is 2.50 bits per heavy atom. The Labute approximate surface area is 100 Å². The zero-order valence-electron chi connectivity index (χ0n) is 9.60. The summed E-state index contributed by atoms with van der Waals surface area (Å²) < 4.78 is 4.85. The van der Waals surface area contributed by atoms with Crippen molar-refractivity contribution in [1.82, 2.24) is 0 Å². The van der Waals surface area contributed by atoms with Crippen LogP contribution in [0.1, 0.15) is 18.4 Å². The van der Waals surface area contributed by atoms with E-state index in [1.54, 1.807) is 11.8 Å². The first-order chi connectivity index (χ1) is 7.70. The minimum atomic E-state index is -0.0897. The van der Waals surface area contributed by atoms with Crippen LogP contribution in [0.2, 0.25) is 0 Å². The van der Waals surface area contributed by atoms with Gasteiger partial charge in [-0.05, 0) is 37.8 Å². The highest BCUT2D eigenvalue weighted by Crippen LogP contribution is 2.42. The van der Waals surface area contributed by atoms with Crippen molar-refractivity contribution in [2.24, 2.45) is 5.92 Å². The van der Waals surface area contributed by atoms with Crippen LogP contribution in [0.15, 0.2) is 29.2 Å². The maximum absolute atomic E-state index is 11.6. The van der Waals surface area contributed by atoms with Crippen molar-refractivity contribution in [2.75, 3.05) is 7.11 Å². The molecule has 1 atom stereocenters. The third-order valence-corrected chi connectivity index (χ3v) is 4.14. The molecule has 0 saturated heterocycles. The van der Waals surface area contributed by atoms with Crippen LogP contribution < -0.4 is 0 Å². The number of benzene rings is 1. The van der Waals surface area contributed by atoms with Crippen molar-refractivity contribution in [2.45, 2.75) is 29.9 Å². The normalized spacial score (nSPS) is 16.9. The quantitative estimate of drug-likeness (QED) is 0.593. The van der Waals surface area contributed by atoms with E-state index in [1.165, 1.54) is 12.7 Å². The molecular weight excluding hydrogens is 220 g/mol. The van der Waals surface area contributed by atoms with Crippen molar-refractivity contribution in [3.8, 4) is 0 Å². The van der Waals surface area contributed by atoms with Gasteiger partial charge >= 0.3 is 5.97 Å². The average Bonchev–Trinajstić information content (AvgIpc) is 3.11. The van der Waals surface area contributed by atoms with Gasteiger partial charge in [-0.1, -0.05) is 17.7 Å². The monoisotopic (exact) mass is 236 g/mol. The molecular formula is C13H16O2S. The fourth-order valence-corrected chi connectivity index (χ4v) is 2.86. The van der Waals surface area contributed by atoms with E-state index >= 15 is 0 Å². The molecule has 0 N–H and O–H groups in total. The zero-order valence-corrected chi connectivity index (χ0v) is 10.4. The SMILES string of the molecule is COC(=O)C(Sc1ccc(C)cc1)C1CC1. The van der Waals surface area contributed by atoms with Gasteiger partial charge in [-0.15, -0.1) is 11.8 Å². The maximum Gasteiger partial charge on any atom is 0.319 e. The Hall–Kier alpha value is -0.960. The molecule has 1 fully saturated rings. The minimum absolute atomic E-state index is 0.0206. The van der Waals surface area contributed by atoms with Crippen LogP contribution in [0.5, 0.6) is 0 Å². The topological polar surface area (TPSA) is 26.3 Å². The van der Waals surface area contributed by atoms with Gasteiger partial charge in [-0.3, -0.25) is 4.79 Å². The number of hydrogen-bond donors (Lipinski definition) is 0. The first-order valence-corrected chi connectivity index (χ1v) is 6.40. The average molecular weight is 236 g/mol. The van der Waals surface area contributed by atoms with Gasteiger partial charge in [-0.2, -0.15) is 0 Å². The number of ether oxygens (including phenoxy) is 1. The lowest BCUT2D eigenvalue weighted by Crippen LogP contribution is -2.20. The van der Waals surface area contributed by atoms with E-state index in [-0.39, 0.29) is 11.2 Å². The summed E-state index contributed by atoms with van der Waals surface area (Å²) >= 11 is 1.63. The van der Waals surface area contributed by atoms with Gasteiger partial charge in [0.15, 0.2) is 0 Å². The molecule has 1 aromatic rings. The molecule has 3 heteroatoms. The van der Waals surface area contributed by atoms with E-state index in [4.69, 9.17) is 4.74 Å². The van der Waals surface area contributed by atoms with Crippen molar-refractivity contribution < 1.29 is 9.53 Å². The van der Waals surface area contributed by atoms with Crippen LogP contribution in [0.3, 0.4) is 0 Å². The summed E-state index contributed by atoms with van der Waals surface area (Å²) in [7, 11) is 1.47. The molecule has 0 radical (unpaired) electrons. The molecule has 1 aliphatic rings. The van der Waals surface area contributed by atoms with E-state index in [1.807, 2.05) is 0 Å². The zero-order chi connectivity index (χ0) is 11.5. The van der Waals surface area contributed by atoms with Gasteiger partial charge in [0.2, 0.25) is 0 Å². The summed E-state index contributed by atoms with van der Waals surface area (Å²) in [6.45, 7) is 2.06. The fourth-order valence-electron chi connectivity index (χ4n) is 1.62. The first kappa shape index (κ1) is 11.5. The third-order valence-electron chi connectivity index (χ3n) is 2.77. The van der Waals surface area contributed by atoms with Crippen LogP contribution in [-0.2, 0) is 9.53 Å².